The third-order valence-electron chi connectivity index (χ3n) is 4.26. The molecule has 1 heterocycles. The van der Waals surface area contributed by atoms with E-state index in [1.807, 2.05) is 25.1 Å². The number of likely N-dealkylation sites (N-methyl/N-ethyl adjacent to an activating group) is 1. The molecule has 3 atom stereocenters. The molecule has 142 valence electrons. The van der Waals surface area contributed by atoms with Crippen molar-refractivity contribution in [2.45, 2.75) is 38.5 Å². The van der Waals surface area contributed by atoms with Crippen LogP contribution in [0.4, 0.5) is 0 Å². The Morgan fingerprint density at radius 3 is 2.88 bits per heavy atom. The first-order valence-corrected chi connectivity index (χ1v) is 9.10. The van der Waals surface area contributed by atoms with Gasteiger partial charge in [0.15, 0.2) is 11.5 Å². The number of benzene rings is 1. The molecule has 0 amide bonds. The molecule has 1 unspecified atom stereocenters. The number of nitrogens with one attached hydrogen (secondary N) is 1. The van der Waals surface area contributed by atoms with Gasteiger partial charge in [0.05, 0.1) is 40.1 Å². The number of ether oxygens (including phenoxy) is 4. The molecule has 0 spiro atoms. The largest absolute Gasteiger partial charge is 0.493 e. The summed E-state index contributed by atoms with van der Waals surface area (Å²) in [6.07, 6.45) is 1.88. The fraction of sp³-hybridized carbons (Fsp3) is 0.684. The van der Waals surface area contributed by atoms with Crippen LogP contribution in [0.1, 0.15) is 25.3 Å². The van der Waals surface area contributed by atoms with Crippen LogP contribution in [0.5, 0.6) is 11.5 Å². The summed E-state index contributed by atoms with van der Waals surface area (Å²) in [5, 5.41) is 10.2. The Kier molecular flexibility index (Phi) is 8.48. The lowest BCUT2D eigenvalue weighted by atomic mass is 10.2. The van der Waals surface area contributed by atoms with E-state index >= 15 is 0 Å². The number of rotatable bonds is 11. The van der Waals surface area contributed by atoms with E-state index in [1.165, 1.54) is 4.90 Å². The monoisotopic (exact) mass is 354 g/mol. The molecular weight excluding hydrogens is 322 g/mol. The molecule has 25 heavy (non-hydrogen) atoms. The number of methoxy groups -OCH3 is 1. The molecule has 6 heteroatoms. The zero-order valence-corrected chi connectivity index (χ0v) is 15.6. The first-order valence-electron chi connectivity index (χ1n) is 9.10. The normalized spacial score (nSPS) is 19.6. The molecule has 0 aromatic heterocycles. The highest BCUT2D eigenvalue weighted by atomic mass is 16.5. The molecule has 0 radical (unpaired) electrons. The summed E-state index contributed by atoms with van der Waals surface area (Å²) in [5.41, 5.74) is 1.14. The van der Waals surface area contributed by atoms with Gasteiger partial charge in [-0.15, -0.1) is 0 Å². The maximum Gasteiger partial charge on any atom is 0.161 e. The zero-order valence-electron chi connectivity index (χ0n) is 15.6. The Morgan fingerprint density at radius 1 is 1.36 bits per heavy atom. The summed E-state index contributed by atoms with van der Waals surface area (Å²) in [6.45, 7) is 5.74. The summed E-state index contributed by atoms with van der Waals surface area (Å²) in [4.78, 5) is 1.21. The van der Waals surface area contributed by atoms with Crippen LogP contribution in [0.15, 0.2) is 18.2 Å². The van der Waals surface area contributed by atoms with E-state index in [1.54, 1.807) is 7.11 Å². The Labute approximate surface area is 150 Å². The molecule has 1 aliphatic rings. The molecule has 0 saturated carbocycles. The highest BCUT2D eigenvalue weighted by Crippen LogP contribution is 2.27. The van der Waals surface area contributed by atoms with Crippen LogP contribution in [0, 0.1) is 0 Å². The van der Waals surface area contributed by atoms with E-state index in [0.29, 0.717) is 26.4 Å². The Hall–Kier alpha value is -1.34. The highest BCUT2D eigenvalue weighted by Gasteiger charge is 2.18. The average Bonchev–Trinajstić information content (AvgIpc) is 3.09. The predicted octanol–water partition coefficient (Wildman–Crippen LogP) is 0.665. The van der Waals surface area contributed by atoms with Crippen LogP contribution in [0.2, 0.25) is 0 Å². The maximum atomic E-state index is 10.2. The topological polar surface area (TPSA) is 61.6 Å². The van der Waals surface area contributed by atoms with E-state index in [-0.39, 0.29) is 6.10 Å². The van der Waals surface area contributed by atoms with Crippen molar-refractivity contribution in [3.8, 4) is 11.5 Å². The lowest BCUT2D eigenvalue weighted by Gasteiger charge is -2.19. The smallest absolute Gasteiger partial charge is 0.161 e. The van der Waals surface area contributed by atoms with Gasteiger partial charge in [-0.05, 0) is 38.0 Å². The Bertz CT molecular complexity index is 505. The second-order valence-electron chi connectivity index (χ2n) is 6.58. The first kappa shape index (κ1) is 20.0. The van der Waals surface area contributed by atoms with E-state index in [4.69, 9.17) is 18.9 Å². The molecule has 0 aliphatic carbocycles. The molecule has 2 rings (SSSR count). The van der Waals surface area contributed by atoms with Crippen LogP contribution in [-0.4, -0.2) is 64.4 Å². The Morgan fingerprint density at radius 2 is 2.20 bits per heavy atom. The molecule has 1 aromatic rings. The fourth-order valence-corrected chi connectivity index (χ4v) is 3.09. The summed E-state index contributed by atoms with van der Waals surface area (Å²) in [6, 6.07) is 5.97. The van der Waals surface area contributed by atoms with Gasteiger partial charge >= 0.3 is 0 Å². The minimum absolute atomic E-state index is 0.202. The van der Waals surface area contributed by atoms with E-state index in [9.17, 15) is 5.11 Å². The van der Waals surface area contributed by atoms with Crippen LogP contribution < -0.4 is 14.4 Å². The lowest BCUT2D eigenvalue weighted by Crippen LogP contribution is -3.08. The number of hydrogen-bond donors (Lipinski definition) is 2. The van der Waals surface area contributed by atoms with Gasteiger partial charge in [-0.2, -0.15) is 0 Å². The molecule has 0 bridgehead atoms. The van der Waals surface area contributed by atoms with Crippen molar-refractivity contribution in [2.24, 2.45) is 0 Å². The molecule has 1 aliphatic heterocycles. The molecule has 1 fully saturated rings. The standard InChI is InChI=1S/C19H31NO5/c1-4-24-18-8-7-15(10-19(18)22-3)11-20(2)12-16(21)13-23-14-17-6-5-9-25-17/h7-8,10,16-17,21H,4-6,9,11-14H2,1-3H3/p+1/t16-,17-/m0/s1. The van der Waals surface area contributed by atoms with Gasteiger partial charge in [-0.1, -0.05) is 0 Å². The highest BCUT2D eigenvalue weighted by molar-refractivity contribution is 5.42. The van der Waals surface area contributed by atoms with Gasteiger partial charge in [0.1, 0.15) is 19.2 Å². The van der Waals surface area contributed by atoms with Crippen LogP contribution >= 0.6 is 0 Å². The second-order valence-corrected chi connectivity index (χ2v) is 6.58. The summed E-state index contributed by atoms with van der Waals surface area (Å²) in [5.74, 6) is 1.50. The third-order valence-corrected chi connectivity index (χ3v) is 4.26. The lowest BCUT2D eigenvalue weighted by molar-refractivity contribution is -0.897. The fourth-order valence-electron chi connectivity index (χ4n) is 3.09. The van der Waals surface area contributed by atoms with E-state index < -0.39 is 6.10 Å². The van der Waals surface area contributed by atoms with E-state index in [2.05, 4.69) is 7.05 Å². The van der Waals surface area contributed by atoms with Gasteiger partial charge in [0.2, 0.25) is 0 Å². The van der Waals surface area contributed by atoms with Crippen molar-refractivity contribution < 1.29 is 29.0 Å². The van der Waals surface area contributed by atoms with Crippen molar-refractivity contribution in [3.63, 3.8) is 0 Å². The summed E-state index contributed by atoms with van der Waals surface area (Å²) in [7, 11) is 3.71. The molecule has 1 aromatic carbocycles. The van der Waals surface area contributed by atoms with Crippen molar-refractivity contribution in [1.82, 2.24) is 0 Å². The van der Waals surface area contributed by atoms with Crippen LogP contribution in [0.3, 0.4) is 0 Å². The van der Waals surface area contributed by atoms with Crippen molar-refractivity contribution in [1.29, 1.82) is 0 Å². The molecular formula is C19H32NO5+. The first-order chi connectivity index (χ1) is 12.1. The zero-order chi connectivity index (χ0) is 18.1. The quantitative estimate of drug-likeness (QED) is 0.612. The van der Waals surface area contributed by atoms with Crippen molar-refractivity contribution in [2.75, 3.05) is 47.1 Å². The van der Waals surface area contributed by atoms with Crippen molar-refractivity contribution >= 4 is 0 Å². The summed E-state index contributed by atoms with van der Waals surface area (Å²) >= 11 is 0. The number of hydrogen-bond acceptors (Lipinski definition) is 5. The van der Waals surface area contributed by atoms with Gasteiger partial charge in [-0.25, -0.2) is 0 Å². The third kappa shape index (κ3) is 6.82. The van der Waals surface area contributed by atoms with E-state index in [0.717, 1.165) is 43.1 Å². The van der Waals surface area contributed by atoms with Crippen LogP contribution in [-0.2, 0) is 16.0 Å². The minimum Gasteiger partial charge on any atom is -0.493 e. The average molecular weight is 354 g/mol. The molecule has 2 N–H and O–H groups in total. The number of quaternary nitrogens is 1. The van der Waals surface area contributed by atoms with Gasteiger partial charge < -0.3 is 29.0 Å². The SMILES string of the molecule is CCOc1ccc(C[NH+](C)C[C@H](O)COC[C@@H]2CCCO2)cc1OC. The maximum absolute atomic E-state index is 10.2. The van der Waals surface area contributed by atoms with Gasteiger partial charge in [0.25, 0.3) is 0 Å². The van der Waals surface area contributed by atoms with Gasteiger partial charge in [0, 0.05) is 12.2 Å². The summed E-state index contributed by atoms with van der Waals surface area (Å²) < 4.78 is 22.0. The minimum atomic E-state index is -0.481. The number of aliphatic hydroxyl groups is 1. The molecule has 1 saturated heterocycles. The van der Waals surface area contributed by atoms with Gasteiger partial charge in [-0.3, -0.25) is 0 Å². The Balaban J connectivity index is 1.73. The van der Waals surface area contributed by atoms with Crippen LogP contribution in [0.25, 0.3) is 0 Å². The predicted molar refractivity (Wildman–Crippen MR) is 95.4 cm³/mol. The second kappa shape index (κ2) is 10.6. The number of aliphatic hydroxyl groups excluding tert-OH is 1. The van der Waals surface area contributed by atoms with Crippen molar-refractivity contribution in [3.05, 3.63) is 23.8 Å². The molecule has 6 nitrogen and oxygen atoms in total.